The molecule has 1 fully saturated rings. The van der Waals surface area contributed by atoms with Crippen molar-refractivity contribution >= 4 is 29.3 Å². The first-order valence-electron chi connectivity index (χ1n) is 8.84. The number of morpholine rings is 1. The lowest BCUT2D eigenvalue weighted by atomic mass is 9.92. The van der Waals surface area contributed by atoms with Gasteiger partial charge in [-0.1, -0.05) is 0 Å². The molecule has 2 aliphatic rings. The monoisotopic (exact) mass is 387 g/mol. The van der Waals surface area contributed by atoms with Gasteiger partial charge in [-0.15, -0.1) is 0 Å². The maximum Gasteiger partial charge on any atom is 0.258 e. The Kier molecular flexibility index (Phi) is 4.78. The number of hydrogen-bond acceptors (Lipinski definition) is 6. The van der Waals surface area contributed by atoms with Gasteiger partial charge in [-0.3, -0.25) is 19.4 Å². The molecule has 1 saturated heterocycles. The Morgan fingerprint density at radius 1 is 1.21 bits per heavy atom. The molecule has 2 amide bonds. The summed E-state index contributed by atoms with van der Waals surface area (Å²) in [6, 6.07) is 5.22. The standard InChI is InChI=1S/C18H18FN5O4/c19-10-1-3-11(4-2-10)20-16(26)12-9-13(25)21-15-14(12)17(27)23-18(22-15)24-5-7-28-8-6-24/h1-4,12H,5-9H2,(H,20,26)(H2,21,22,23,25,27)/t12-/m1/s1. The summed E-state index contributed by atoms with van der Waals surface area (Å²) in [7, 11) is 0. The predicted molar refractivity (Wildman–Crippen MR) is 98.9 cm³/mol. The zero-order chi connectivity index (χ0) is 19.7. The molecular formula is C18H18FN5O4. The Morgan fingerprint density at radius 2 is 1.93 bits per heavy atom. The van der Waals surface area contributed by atoms with Gasteiger partial charge in [0.15, 0.2) is 0 Å². The molecule has 0 unspecified atom stereocenters. The summed E-state index contributed by atoms with van der Waals surface area (Å²) in [4.78, 5) is 46.4. The second-order valence-corrected chi connectivity index (χ2v) is 6.55. The van der Waals surface area contributed by atoms with Crippen LogP contribution < -0.4 is 21.1 Å². The van der Waals surface area contributed by atoms with Crippen LogP contribution in [0.4, 0.5) is 21.8 Å². The number of H-pyrrole nitrogens is 1. The molecule has 4 rings (SSSR count). The quantitative estimate of drug-likeness (QED) is 0.718. The molecule has 0 saturated carbocycles. The van der Waals surface area contributed by atoms with Gasteiger partial charge in [0, 0.05) is 25.2 Å². The van der Waals surface area contributed by atoms with E-state index in [1.165, 1.54) is 24.3 Å². The van der Waals surface area contributed by atoms with Gasteiger partial charge in [-0.2, -0.15) is 4.98 Å². The van der Waals surface area contributed by atoms with Gasteiger partial charge >= 0.3 is 0 Å². The summed E-state index contributed by atoms with van der Waals surface area (Å²) in [5.41, 5.74) is -0.00442. The van der Waals surface area contributed by atoms with E-state index >= 15 is 0 Å². The smallest absolute Gasteiger partial charge is 0.258 e. The number of carbonyl (C=O) groups is 2. The van der Waals surface area contributed by atoms with Crippen molar-refractivity contribution in [3.05, 3.63) is 46.0 Å². The van der Waals surface area contributed by atoms with Gasteiger partial charge in [-0.25, -0.2) is 4.39 Å². The molecule has 0 spiro atoms. The Morgan fingerprint density at radius 3 is 2.64 bits per heavy atom. The summed E-state index contributed by atoms with van der Waals surface area (Å²) in [6.07, 6.45) is -0.179. The second kappa shape index (κ2) is 7.39. The van der Waals surface area contributed by atoms with Crippen molar-refractivity contribution in [2.45, 2.75) is 12.3 Å². The third-order valence-electron chi connectivity index (χ3n) is 4.68. The number of fused-ring (bicyclic) bond motifs is 1. The maximum absolute atomic E-state index is 13.0. The number of hydrogen-bond donors (Lipinski definition) is 3. The van der Waals surface area contributed by atoms with Crippen LogP contribution in [0.2, 0.25) is 0 Å². The molecule has 146 valence electrons. The van der Waals surface area contributed by atoms with Crippen molar-refractivity contribution in [3.8, 4) is 0 Å². The van der Waals surface area contributed by atoms with Crippen LogP contribution in [0.25, 0.3) is 0 Å². The number of anilines is 3. The summed E-state index contributed by atoms with van der Waals surface area (Å²) < 4.78 is 18.3. The fraction of sp³-hybridized carbons (Fsp3) is 0.333. The molecular weight excluding hydrogens is 369 g/mol. The van der Waals surface area contributed by atoms with Crippen LogP contribution in [0.3, 0.4) is 0 Å². The molecule has 2 aliphatic heterocycles. The van der Waals surface area contributed by atoms with Crippen LogP contribution in [0, 0.1) is 5.82 Å². The first-order valence-corrected chi connectivity index (χ1v) is 8.84. The van der Waals surface area contributed by atoms with E-state index in [1.54, 1.807) is 0 Å². The Labute approximate surface area is 158 Å². The molecule has 9 nitrogen and oxygen atoms in total. The van der Waals surface area contributed by atoms with Crippen LogP contribution in [-0.2, 0) is 14.3 Å². The van der Waals surface area contributed by atoms with Crippen molar-refractivity contribution in [3.63, 3.8) is 0 Å². The number of amides is 2. The Hall–Kier alpha value is -3.27. The van der Waals surface area contributed by atoms with Gasteiger partial charge in [0.25, 0.3) is 5.56 Å². The number of ether oxygens (including phenoxy) is 1. The zero-order valence-electron chi connectivity index (χ0n) is 14.8. The zero-order valence-corrected chi connectivity index (χ0v) is 14.8. The lowest BCUT2D eigenvalue weighted by Crippen LogP contribution is -2.41. The number of rotatable bonds is 3. The Bertz CT molecular complexity index is 969. The summed E-state index contributed by atoms with van der Waals surface area (Å²) >= 11 is 0. The fourth-order valence-electron chi connectivity index (χ4n) is 3.27. The number of benzene rings is 1. The lowest BCUT2D eigenvalue weighted by molar-refractivity contribution is -0.123. The highest BCUT2D eigenvalue weighted by atomic mass is 19.1. The van der Waals surface area contributed by atoms with E-state index in [-0.39, 0.29) is 17.8 Å². The van der Waals surface area contributed by atoms with Crippen molar-refractivity contribution < 1.29 is 18.7 Å². The molecule has 0 bridgehead atoms. The highest BCUT2D eigenvalue weighted by molar-refractivity contribution is 6.04. The number of carbonyl (C=O) groups excluding carboxylic acids is 2. The van der Waals surface area contributed by atoms with Gasteiger partial charge in [-0.05, 0) is 24.3 Å². The summed E-state index contributed by atoms with van der Waals surface area (Å²) in [5.74, 6) is -1.96. The SMILES string of the molecule is O=C1C[C@@H](C(=O)Nc2ccc(F)cc2)c2c(nc(N3CCOCC3)[nH]c2=O)N1. The normalized spacial score (nSPS) is 19.0. The first-order chi connectivity index (χ1) is 13.5. The summed E-state index contributed by atoms with van der Waals surface area (Å²) in [6.45, 7) is 2.14. The van der Waals surface area contributed by atoms with E-state index in [2.05, 4.69) is 20.6 Å². The van der Waals surface area contributed by atoms with E-state index in [4.69, 9.17) is 4.74 Å². The molecule has 1 aromatic carbocycles. The molecule has 2 aromatic rings. The van der Waals surface area contributed by atoms with Gasteiger partial charge < -0.3 is 20.3 Å². The van der Waals surface area contributed by atoms with Gasteiger partial charge in [0.05, 0.1) is 24.7 Å². The van der Waals surface area contributed by atoms with Crippen LogP contribution in [0.15, 0.2) is 29.1 Å². The number of aromatic amines is 1. The average molecular weight is 387 g/mol. The van der Waals surface area contributed by atoms with E-state index < -0.39 is 29.1 Å². The van der Waals surface area contributed by atoms with Crippen LogP contribution >= 0.6 is 0 Å². The number of nitrogens with one attached hydrogen (secondary N) is 3. The number of halogens is 1. The van der Waals surface area contributed by atoms with Gasteiger partial charge in [0.1, 0.15) is 11.6 Å². The Balaban J connectivity index is 1.64. The van der Waals surface area contributed by atoms with Crippen molar-refractivity contribution in [1.82, 2.24) is 9.97 Å². The lowest BCUT2D eigenvalue weighted by Gasteiger charge is -2.29. The second-order valence-electron chi connectivity index (χ2n) is 6.55. The van der Waals surface area contributed by atoms with E-state index in [0.29, 0.717) is 37.9 Å². The minimum Gasteiger partial charge on any atom is -0.378 e. The van der Waals surface area contributed by atoms with Crippen molar-refractivity contribution in [2.24, 2.45) is 0 Å². The van der Waals surface area contributed by atoms with E-state index in [0.717, 1.165) is 0 Å². The van der Waals surface area contributed by atoms with Crippen LogP contribution in [-0.4, -0.2) is 48.1 Å². The maximum atomic E-state index is 13.0. The van der Waals surface area contributed by atoms with E-state index in [1.807, 2.05) is 4.90 Å². The highest BCUT2D eigenvalue weighted by Gasteiger charge is 2.35. The fourth-order valence-corrected chi connectivity index (χ4v) is 3.27. The van der Waals surface area contributed by atoms with E-state index in [9.17, 15) is 18.8 Å². The molecule has 3 heterocycles. The highest BCUT2D eigenvalue weighted by Crippen LogP contribution is 2.30. The van der Waals surface area contributed by atoms with Crippen LogP contribution in [0.5, 0.6) is 0 Å². The van der Waals surface area contributed by atoms with Crippen molar-refractivity contribution in [1.29, 1.82) is 0 Å². The molecule has 0 radical (unpaired) electrons. The third-order valence-corrected chi connectivity index (χ3v) is 4.68. The predicted octanol–water partition coefficient (Wildman–Crippen LogP) is 0.810. The number of nitrogens with zero attached hydrogens (tertiary/aromatic N) is 2. The van der Waals surface area contributed by atoms with Gasteiger partial charge in [0.2, 0.25) is 17.8 Å². The third kappa shape index (κ3) is 3.58. The molecule has 1 aromatic heterocycles. The molecule has 0 aliphatic carbocycles. The molecule has 28 heavy (non-hydrogen) atoms. The largest absolute Gasteiger partial charge is 0.378 e. The van der Waals surface area contributed by atoms with Crippen molar-refractivity contribution in [2.75, 3.05) is 41.8 Å². The summed E-state index contributed by atoms with van der Waals surface area (Å²) in [5, 5.41) is 5.19. The topological polar surface area (TPSA) is 116 Å². The average Bonchev–Trinajstić information content (AvgIpc) is 2.69. The number of aromatic nitrogens is 2. The molecule has 10 heteroatoms. The van der Waals surface area contributed by atoms with Crippen LogP contribution in [0.1, 0.15) is 17.9 Å². The molecule has 3 N–H and O–H groups in total. The minimum atomic E-state index is -0.996. The minimum absolute atomic E-state index is 0.0840. The first kappa shape index (κ1) is 18.1. The molecule has 1 atom stereocenters.